The topological polar surface area (TPSA) is 33.0 Å². The molecule has 1 aromatic rings. The predicted molar refractivity (Wildman–Crippen MR) is 44.2 cm³/mol. The van der Waals surface area contributed by atoms with E-state index in [1.807, 2.05) is 6.07 Å². The van der Waals surface area contributed by atoms with Crippen molar-refractivity contribution in [1.29, 1.82) is 5.26 Å². The summed E-state index contributed by atoms with van der Waals surface area (Å²) in [4.78, 5) is 0. The van der Waals surface area contributed by atoms with Crippen LogP contribution in [0.2, 0.25) is 0 Å². The van der Waals surface area contributed by atoms with E-state index >= 15 is 0 Å². The molecule has 0 fully saturated rings. The minimum absolute atomic E-state index is 0.498. The van der Waals surface area contributed by atoms with Gasteiger partial charge in [0.1, 0.15) is 5.75 Å². The second-order valence-electron chi connectivity index (χ2n) is 1.87. The summed E-state index contributed by atoms with van der Waals surface area (Å²) in [6.45, 7) is 0. The van der Waals surface area contributed by atoms with Crippen molar-refractivity contribution in [3.8, 4) is 11.8 Å². The Labute approximate surface area is 73.5 Å². The third-order valence-corrected chi connectivity index (χ3v) is 1.83. The molecule has 0 N–H and O–H groups in total. The molecule has 2 nitrogen and oxygen atoms in total. The maximum Gasteiger partial charge on any atom is 0.133 e. The maximum atomic E-state index is 8.48. The summed E-state index contributed by atoms with van der Waals surface area (Å²) in [7, 11) is 1.57. The lowest BCUT2D eigenvalue weighted by molar-refractivity contribution is 0.412. The van der Waals surface area contributed by atoms with Crippen LogP contribution >= 0.6 is 15.9 Å². The van der Waals surface area contributed by atoms with Crippen LogP contribution < -0.4 is 4.74 Å². The smallest absolute Gasteiger partial charge is 0.133 e. The van der Waals surface area contributed by atoms with Gasteiger partial charge in [-0.15, -0.1) is 0 Å². The van der Waals surface area contributed by atoms with Crippen LogP contribution in [-0.2, 0) is 0 Å². The number of methoxy groups -OCH3 is 1. The van der Waals surface area contributed by atoms with Crippen LogP contribution in [-0.4, -0.2) is 7.11 Å². The van der Waals surface area contributed by atoms with Crippen LogP contribution in [0.1, 0.15) is 5.56 Å². The van der Waals surface area contributed by atoms with Crippen LogP contribution in [0.3, 0.4) is 0 Å². The molecule has 0 heterocycles. The van der Waals surface area contributed by atoms with Crippen molar-refractivity contribution in [2.24, 2.45) is 0 Å². The van der Waals surface area contributed by atoms with Gasteiger partial charge in [-0.1, -0.05) is 0 Å². The third-order valence-electron chi connectivity index (χ3n) is 1.21. The molecular formula is C8H5BrNO. The second-order valence-corrected chi connectivity index (χ2v) is 2.73. The van der Waals surface area contributed by atoms with E-state index in [9.17, 15) is 0 Å². The molecule has 1 radical (unpaired) electrons. The first-order chi connectivity index (χ1) is 5.27. The normalized spacial score (nSPS) is 8.82. The van der Waals surface area contributed by atoms with Gasteiger partial charge in [-0.2, -0.15) is 5.26 Å². The average Bonchev–Trinajstić information content (AvgIpc) is 2.04. The molecule has 0 unspecified atom stereocenters. The summed E-state index contributed by atoms with van der Waals surface area (Å²) in [5.41, 5.74) is 0.498. The monoisotopic (exact) mass is 210 g/mol. The fourth-order valence-electron chi connectivity index (χ4n) is 0.673. The van der Waals surface area contributed by atoms with Crippen molar-refractivity contribution in [3.05, 3.63) is 28.2 Å². The first-order valence-electron chi connectivity index (χ1n) is 2.93. The molecule has 0 atom stereocenters. The first kappa shape index (κ1) is 8.09. The van der Waals surface area contributed by atoms with Gasteiger partial charge in [-0.3, -0.25) is 0 Å². The van der Waals surface area contributed by atoms with E-state index in [0.29, 0.717) is 11.3 Å². The van der Waals surface area contributed by atoms with E-state index in [0.717, 1.165) is 4.47 Å². The molecule has 1 rings (SSSR count). The van der Waals surface area contributed by atoms with Gasteiger partial charge < -0.3 is 4.74 Å². The van der Waals surface area contributed by atoms with Crippen molar-refractivity contribution in [1.82, 2.24) is 0 Å². The van der Waals surface area contributed by atoms with Crippen LogP contribution in [0.4, 0.5) is 0 Å². The molecule has 11 heavy (non-hydrogen) atoms. The van der Waals surface area contributed by atoms with Gasteiger partial charge in [0.15, 0.2) is 0 Å². The van der Waals surface area contributed by atoms with E-state index < -0.39 is 0 Å². The van der Waals surface area contributed by atoms with Crippen molar-refractivity contribution < 1.29 is 4.74 Å². The molecule has 3 heteroatoms. The second kappa shape index (κ2) is 3.40. The Balaban J connectivity index is 3.12. The molecule has 0 spiro atoms. The molecule has 0 aliphatic heterocycles. The summed E-state index contributed by atoms with van der Waals surface area (Å²) < 4.78 is 5.73. The molecular weight excluding hydrogens is 206 g/mol. The lowest BCUT2D eigenvalue weighted by Crippen LogP contribution is -1.84. The molecule has 0 aromatic heterocycles. The number of halogens is 1. The van der Waals surface area contributed by atoms with Gasteiger partial charge in [-0.25, -0.2) is 0 Å². The lowest BCUT2D eigenvalue weighted by Gasteiger charge is -2.00. The highest BCUT2D eigenvalue weighted by Crippen LogP contribution is 2.24. The third kappa shape index (κ3) is 1.72. The quantitative estimate of drug-likeness (QED) is 0.712. The van der Waals surface area contributed by atoms with Gasteiger partial charge in [0.2, 0.25) is 0 Å². The Bertz CT molecular complexity index is 303. The summed E-state index contributed by atoms with van der Waals surface area (Å²) >= 11 is 3.25. The Morgan fingerprint density at radius 3 is 2.91 bits per heavy atom. The van der Waals surface area contributed by atoms with E-state index in [4.69, 9.17) is 10.00 Å². The van der Waals surface area contributed by atoms with E-state index in [-0.39, 0.29) is 0 Å². The fourth-order valence-corrected chi connectivity index (χ4v) is 1.18. The SMILES string of the molecule is COc1c[c]c(C#N)cc1Br. The van der Waals surface area contributed by atoms with Gasteiger partial charge >= 0.3 is 0 Å². The van der Waals surface area contributed by atoms with Gasteiger partial charge in [0.25, 0.3) is 0 Å². The Morgan fingerprint density at radius 2 is 2.45 bits per heavy atom. The average molecular weight is 211 g/mol. The van der Waals surface area contributed by atoms with Crippen LogP contribution in [0.5, 0.6) is 5.75 Å². The van der Waals surface area contributed by atoms with Crippen molar-refractivity contribution >= 4 is 15.9 Å². The minimum Gasteiger partial charge on any atom is -0.496 e. The molecule has 0 aliphatic carbocycles. The van der Waals surface area contributed by atoms with Gasteiger partial charge in [0.05, 0.1) is 23.2 Å². The zero-order valence-corrected chi connectivity index (χ0v) is 7.47. The van der Waals surface area contributed by atoms with E-state index in [1.54, 1.807) is 19.2 Å². The summed E-state index contributed by atoms with van der Waals surface area (Å²) in [6.07, 6.45) is 0. The Kier molecular flexibility index (Phi) is 2.50. The molecule has 0 saturated heterocycles. The maximum absolute atomic E-state index is 8.48. The molecule has 0 amide bonds. The number of nitriles is 1. The summed E-state index contributed by atoms with van der Waals surface area (Å²) in [5.74, 6) is 0.684. The number of benzene rings is 1. The number of rotatable bonds is 1. The van der Waals surface area contributed by atoms with Crippen LogP contribution in [0.25, 0.3) is 0 Å². The number of nitrogens with zero attached hydrogens (tertiary/aromatic N) is 1. The largest absolute Gasteiger partial charge is 0.496 e. The van der Waals surface area contributed by atoms with Crippen molar-refractivity contribution in [2.75, 3.05) is 7.11 Å². The number of hydrogen-bond donors (Lipinski definition) is 0. The van der Waals surface area contributed by atoms with E-state index in [1.165, 1.54) is 0 Å². The van der Waals surface area contributed by atoms with Gasteiger partial charge in [-0.05, 0) is 28.1 Å². The molecule has 0 aliphatic rings. The molecule has 0 saturated carbocycles. The van der Waals surface area contributed by atoms with Crippen LogP contribution in [0, 0.1) is 17.4 Å². The highest BCUT2D eigenvalue weighted by Gasteiger charge is 1.99. The standard InChI is InChI=1S/C8H5BrNO/c1-11-8-3-2-6(5-10)4-7(8)9/h3-4H,1H3. The van der Waals surface area contributed by atoms with Crippen molar-refractivity contribution in [2.45, 2.75) is 0 Å². The Hall–Kier alpha value is -1.01. The highest BCUT2D eigenvalue weighted by molar-refractivity contribution is 9.10. The number of ether oxygens (including phenoxy) is 1. The highest BCUT2D eigenvalue weighted by atomic mass is 79.9. The fraction of sp³-hybridized carbons (Fsp3) is 0.125. The lowest BCUT2D eigenvalue weighted by atomic mass is 10.2. The van der Waals surface area contributed by atoms with Crippen molar-refractivity contribution in [3.63, 3.8) is 0 Å². The van der Waals surface area contributed by atoms with Gasteiger partial charge in [0, 0.05) is 6.07 Å². The van der Waals surface area contributed by atoms with Crippen LogP contribution in [0.15, 0.2) is 16.6 Å². The molecule has 0 bridgehead atoms. The number of hydrogen-bond acceptors (Lipinski definition) is 2. The van der Waals surface area contributed by atoms with E-state index in [2.05, 4.69) is 22.0 Å². The molecule has 55 valence electrons. The minimum atomic E-state index is 0.498. The Morgan fingerprint density at radius 1 is 1.73 bits per heavy atom. The zero-order chi connectivity index (χ0) is 8.27. The molecule has 1 aromatic carbocycles. The summed E-state index contributed by atoms with van der Waals surface area (Å²) in [5, 5.41) is 8.48. The first-order valence-corrected chi connectivity index (χ1v) is 3.72. The summed E-state index contributed by atoms with van der Waals surface area (Å²) in [6, 6.07) is 8.03. The zero-order valence-electron chi connectivity index (χ0n) is 5.89. The predicted octanol–water partition coefficient (Wildman–Crippen LogP) is 2.13.